The smallest absolute Gasteiger partial charge is 0.269 e. The Hall–Kier alpha value is -5.20. The Morgan fingerprint density at radius 1 is 0.376 bits per heavy atom. The van der Waals surface area contributed by atoms with Crippen LogP contribution in [0.1, 0.15) is 228 Å². The van der Waals surface area contributed by atoms with Crippen LogP contribution < -0.4 is 29.5 Å². The fourth-order valence-corrected chi connectivity index (χ4v) is 19.8. The highest BCUT2D eigenvalue weighted by atomic mass is 32.1. The molecule has 0 bridgehead atoms. The Balaban J connectivity index is 1.33. The molecule has 0 atom stereocenters. The van der Waals surface area contributed by atoms with Crippen molar-refractivity contribution in [3.63, 3.8) is 0 Å². The summed E-state index contributed by atoms with van der Waals surface area (Å²) in [5.41, 5.74) is 5.10. The minimum atomic E-state index is -0.160. The Labute approximate surface area is 533 Å². The van der Waals surface area contributed by atoms with Gasteiger partial charge in [-0.1, -0.05) is 156 Å². The van der Waals surface area contributed by atoms with Gasteiger partial charge < -0.3 is 0 Å². The van der Waals surface area contributed by atoms with Crippen molar-refractivity contribution >= 4 is 103 Å². The molecule has 85 heavy (non-hydrogen) atoms. The largest absolute Gasteiger partial charge is 0.298 e. The van der Waals surface area contributed by atoms with Crippen LogP contribution in [0.2, 0.25) is 0 Å². The van der Waals surface area contributed by atoms with E-state index in [0.717, 1.165) is 61.1 Å². The molecule has 0 amide bonds. The van der Waals surface area contributed by atoms with Crippen LogP contribution in [0.15, 0.2) is 46.0 Å². The molecule has 7 aromatic heterocycles. The van der Waals surface area contributed by atoms with E-state index in [1.54, 1.807) is 31.8 Å². The van der Waals surface area contributed by atoms with Crippen molar-refractivity contribution in [2.45, 2.75) is 234 Å². The topological polar surface area (TPSA) is 139 Å². The number of aromatic nitrogens is 2. The van der Waals surface area contributed by atoms with Gasteiger partial charge in [0.1, 0.15) is 33.6 Å². The average Bonchev–Trinajstić information content (AvgIpc) is 2.50. The molecule has 15 heteroatoms. The zero-order valence-corrected chi connectivity index (χ0v) is 56.9. The number of hydrogen-bond donors (Lipinski definition) is 0. The van der Waals surface area contributed by atoms with Crippen molar-refractivity contribution in [1.29, 1.82) is 21.0 Å². The van der Waals surface area contributed by atoms with Crippen LogP contribution in [0.25, 0.3) is 62.3 Å². The van der Waals surface area contributed by atoms with Crippen LogP contribution in [-0.4, -0.2) is 9.13 Å². The number of rotatable bonds is 36. The predicted octanol–water partition coefficient (Wildman–Crippen LogP) is 18.8. The van der Waals surface area contributed by atoms with Gasteiger partial charge in [0, 0.05) is 61.9 Å². The molecule has 0 unspecified atom stereocenters. The quantitative estimate of drug-likeness (QED) is 0.0358. The summed E-state index contributed by atoms with van der Waals surface area (Å²) in [4.78, 5) is 40.1. The molecule has 8 nitrogen and oxygen atoms in total. The van der Waals surface area contributed by atoms with Gasteiger partial charge in [0.05, 0.1) is 9.06 Å². The lowest BCUT2D eigenvalue weighted by Crippen LogP contribution is -2.31. The lowest BCUT2D eigenvalue weighted by atomic mass is 10.0. The van der Waals surface area contributed by atoms with Gasteiger partial charge in [-0.25, -0.2) is 0 Å². The van der Waals surface area contributed by atoms with E-state index in [0.29, 0.717) is 31.5 Å². The van der Waals surface area contributed by atoms with E-state index in [-0.39, 0.29) is 22.3 Å². The molecule has 0 N–H and O–H groups in total. The van der Waals surface area contributed by atoms with Gasteiger partial charge in [-0.05, 0) is 136 Å². The third-order valence-corrected chi connectivity index (χ3v) is 24.5. The summed E-state index contributed by atoms with van der Waals surface area (Å²) in [5.74, 6) is 0. The van der Waals surface area contributed by atoms with Crippen LogP contribution in [0, 0.1) is 45.3 Å². The first kappa shape index (κ1) is 67.3. The maximum atomic E-state index is 13.8. The molecule has 7 rings (SSSR count). The van der Waals surface area contributed by atoms with Crippen molar-refractivity contribution in [2.24, 2.45) is 0 Å². The van der Waals surface area contributed by atoms with Crippen molar-refractivity contribution in [3.8, 4) is 63.3 Å². The lowest BCUT2D eigenvalue weighted by Gasteiger charge is -2.04. The number of unbranched alkanes of at least 4 members (excludes halogenated alkanes) is 20. The van der Waals surface area contributed by atoms with E-state index >= 15 is 0 Å². The van der Waals surface area contributed by atoms with Gasteiger partial charge in [0.2, 0.25) is 0 Å². The first-order valence-electron chi connectivity index (χ1n) is 31.7. The van der Waals surface area contributed by atoms with Gasteiger partial charge in [0.25, 0.3) is 11.1 Å². The summed E-state index contributed by atoms with van der Waals surface area (Å²) in [5, 5.41) is 39.1. The fraction of sp³-hybridized carbons (Fsp3) is 0.514. The van der Waals surface area contributed by atoms with Crippen LogP contribution in [0.3, 0.4) is 0 Å². The average molecular weight is 1270 g/mol. The molecule has 450 valence electrons. The minimum Gasteiger partial charge on any atom is -0.298 e. The van der Waals surface area contributed by atoms with Crippen molar-refractivity contribution in [1.82, 2.24) is 9.13 Å². The molecule has 0 aromatic carbocycles. The molecule has 0 saturated heterocycles. The van der Waals surface area contributed by atoms with Gasteiger partial charge in [-0.2, -0.15) is 21.0 Å². The Bertz CT molecular complexity index is 3570. The van der Waals surface area contributed by atoms with Gasteiger partial charge >= 0.3 is 0 Å². The zero-order chi connectivity index (χ0) is 60.5. The first-order valence-corrected chi connectivity index (χ1v) is 37.4. The second-order valence-electron chi connectivity index (χ2n) is 22.3. The SMILES string of the molecule is CCCCCCCCc1cc(C=c2sc(=C(C#N)C#N)n(CC)c2=O)sc1-c1cc(CCCCCCCC)c(-c2ccc(-c3sc(-c4sc(C=c5sc(=C(C#N)C#N)n(CC)c5=O)cc4CCCCCCCC)cc3CCCCCCCC)s2)s1. The second kappa shape index (κ2) is 35.6. The Morgan fingerprint density at radius 3 is 0.976 bits per heavy atom. The fourth-order valence-electron chi connectivity index (χ4n) is 11.2. The van der Waals surface area contributed by atoms with Crippen LogP contribution in [0.5, 0.6) is 0 Å². The number of nitrogens with zero attached hydrogens (tertiary/aromatic N) is 6. The van der Waals surface area contributed by atoms with Crippen molar-refractivity contribution < 1.29 is 0 Å². The summed E-state index contributed by atoms with van der Waals surface area (Å²) in [6.45, 7) is 13.6. The third-order valence-electron chi connectivity index (χ3n) is 15.8. The van der Waals surface area contributed by atoms with Gasteiger partial charge in [-0.15, -0.1) is 79.4 Å². The van der Waals surface area contributed by atoms with Crippen molar-refractivity contribution in [3.05, 3.63) is 108 Å². The van der Waals surface area contributed by atoms with E-state index in [4.69, 9.17) is 0 Å². The highest BCUT2D eigenvalue weighted by Crippen LogP contribution is 2.50. The number of thiazole rings is 2. The summed E-state index contributed by atoms with van der Waals surface area (Å²) >= 11 is 11.8. The predicted molar refractivity (Wildman–Crippen MR) is 369 cm³/mol. The monoisotopic (exact) mass is 1270 g/mol. The molecular formula is C70H86N6O2S7. The molecule has 0 aliphatic rings. The minimum absolute atomic E-state index is 0.0302. The van der Waals surface area contributed by atoms with E-state index in [1.807, 2.05) is 84.3 Å². The maximum absolute atomic E-state index is 13.8. The molecule has 0 radical (unpaired) electrons. The second-order valence-corrected chi connectivity index (χ2v) is 29.7. The highest BCUT2D eigenvalue weighted by molar-refractivity contribution is 7.30. The van der Waals surface area contributed by atoms with E-state index in [1.165, 1.54) is 212 Å². The first-order chi connectivity index (χ1) is 41.6. The summed E-state index contributed by atoms with van der Waals surface area (Å²) in [6, 6.07) is 22.4. The molecule has 0 spiro atoms. The van der Waals surface area contributed by atoms with Crippen LogP contribution in [-0.2, 0) is 38.8 Å². The molecule has 7 heterocycles. The van der Waals surface area contributed by atoms with Crippen molar-refractivity contribution in [2.75, 3.05) is 0 Å². The standard InChI is InChI=1S/C70H86N6O2S7/c1-7-13-17-21-25-29-33-49-39-55(43-61-67(77)75(11-5)69(84-61)53(45-71)46-72)79-65(49)59-41-51(35-31-27-23-19-15-9-3)63(82-59)57-37-38-58(81-57)64-52(36-32-28-24-20-16-10-4)42-60(83-64)66-50(34-30-26-22-18-14-8-2)40-56(80-66)44-62-68(78)76(12-6)70(85-62)54(47-73)48-74/h37-44H,7-36H2,1-6H3. The third kappa shape index (κ3) is 18.2. The highest BCUT2D eigenvalue weighted by Gasteiger charge is 2.23. The molecule has 0 saturated carbocycles. The maximum Gasteiger partial charge on any atom is 0.269 e. The summed E-state index contributed by atoms with van der Waals surface area (Å²) in [6.07, 6.45) is 37.3. The van der Waals surface area contributed by atoms with Gasteiger partial charge in [0.15, 0.2) is 11.1 Å². The normalized spacial score (nSPS) is 11.8. The molecule has 7 aromatic rings. The van der Waals surface area contributed by atoms with E-state index in [9.17, 15) is 30.6 Å². The summed E-state index contributed by atoms with van der Waals surface area (Å²) < 4.78 is 5.04. The van der Waals surface area contributed by atoms with Crippen LogP contribution in [0.4, 0.5) is 0 Å². The Morgan fingerprint density at radius 2 is 0.671 bits per heavy atom. The van der Waals surface area contributed by atoms with Crippen LogP contribution >= 0.6 is 79.4 Å². The van der Waals surface area contributed by atoms with E-state index in [2.05, 4.69) is 64.1 Å². The molecular weight excluding hydrogens is 1180 g/mol. The molecule has 0 aliphatic carbocycles. The number of nitriles is 4. The Kier molecular flexibility index (Phi) is 28.2. The van der Waals surface area contributed by atoms with E-state index < -0.39 is 0 Å². The number of hydrogen-bond acceptors (Lipinski definition) is 13. The molecule has 0 aliphatic heterocycles. The molecule has 0 fully saturated rings. The number of thiophene rings is 5. The van der Waals surface area contributed by atoms with Gasteiger partial charge in [-0.3, -0.25) is 18.7 Å². The zero-order valence-electron chi connectivity index (χ0n) is 51.2. The lowest BCUT2D eigenvalue weighted by molar-refractivity contribution is 0.608. The summed E-state index contributed by atoms with van der Waals surface area (Å²) in [7, 11) is 0. The number of aryl methyl sites for hydroxylation is 4.